The van der Waals surface area contributed by atoms with Crippen molar-refractivity contribution < 1.29 is 4.21 Å². The minimum absolute atomic E-state index is 0.0980. The molecular weight excluding hydrogens is 506 g/mol. The minimum atomic E-state index is -2.55. The zero-order chi connectivity index (χ0) is 26.8. The summed E-state index contributed by atoms with van der Waals surface area (Å²) in [4.78, 5) is 20.8. The van der Waals surface area contributed by atoms with Crippen LogP contribution in [0.3, 0.4) is 0 Å². The standard InChI is InChI=1S/C31H29N5O2S/c1-39(38,26-15-9-4-10-16-26)35-19-17-34(18-20-35)30-21-28-27(23-32-30)29(37)22-31(33-24-11-5-2-6-12-24)36(28)25-13-7-3-8-14-25/h2-16,21-23,33H,1,17-20H2. The second kappa shape index (κ2) is 10.4. The van der Waals surface area contributed by atoms with E-state index in [1.54, 1.807) is 12.3 Å². The molecule has 1 atom stereocenters. The molecule has 1 fully saturated rings. The molecule has 196 valence electrons. The monoisotopic (exact) mass is 535 g/mol. The molecule has 1 N–H and O–H groups in total. The van der Waals surface area contributed by atoms with Crippen LogP contribution in [0.4, 0.5) is 17.3 Å². The summed E-state index contributed by atoms with van der Waals surface area (Å²) in [5.41, 5.74) is 2.49. The molecule has 0 amide bonds. The van der Waals surface area contributed by atoms with Crippen LogP contribution in [0.2, 0.25) is 0 Å². The van der Waals surface area contributed by atoms with Gasteiger partial charge in [0.2, 0.25) is 0 Å². The third-order valence-electron chi connectivity index (χ3n) is 7.03. The van der Waals surface area contributed by atoms with E-state index >= 15 is 0 Å². The molecule has 3 aromatic carbocycles. The Morgan fingerprint density at radius 1 is 0.795 bits per heavy atom. The van der Waals surface area contributed by atoms with Crippen molar-refractivity contribution in [2.24, 2.45) is 0 Å². The van der Waals surface area contributed by atoms with Gasteiger partial charge in [0, 0.05) is 60.8 Å². The molecule has 0 saturated carbocycles. The second-order valence-corrected chi connectivity index (χ2v) is 11.8. The molecule has 1 unspecified atom stereocenters. The predicted molar refractivity (Wildman–Crippen MR) is 161 cm³/mol. The summed E-state index contributed by atoms with van der Waals surface area (Å²) in [5.74, 6) is 5.53. The van der Waals surface area contributed by atoms with Crippen molar-refractivity contribution in [3.05, 3.63) is 120 Å². The smallest absolute Gasteiger partial charge is 0.193 e. The number of anilines is 3. The molecule has 39 heavy (non-hydrogen) atoms. The van der Waals surface area contributed by atoms with E-state index in [0.29, 0.717) is 37.4 Å². The van der Waals surface area contributed by atoms with E-state index in [0.717, 1.165) is 27.6 Å². The Labute approximate surface area is 228 Å². The number of nitrogens with one attached hydrogen (secondary N) is 1. The van der Waals surface area contributed by atoms with Crippen LogP contribution < -0.4 is 15.6 Å². The van der Waals surface area contributed by atoms with Gasteiger partial charge >= 0.3 is 0 Å². The Bertz CT molecular complexity index is 1760. The number of hydrogen-bond donors (Lipinski definition) is 1. The number of nitrogens with zero attached hydrogens (tertiary/aromatic N) is 4. The Hall–Kier alpha value is -4.40. The van der Waals surface area contributed by atoms with Gasteiger partial charge in [-0.2, -0.15) is 0 Å². The molecule has 6 rings (SSSR count). The molecule has 1 aliphatic heterocycles. The van der Waals surface area contributed by atoms with Crippen LogP contribution >= 0.6 is 0 Å². The minimum Gasteiger partial charge on any atom is -0.354 e. The first kappa shape index (κ1) is 24.9. The summed E-state index contributed by atoms with van der Waals surface area (Å²) in [5, 5.41) is 3.97. The average Bonchev–Trinajstić information content (AvgIpc) is 2.98. The van der Waals surface area contributed by atoms with Crippen molar-refractivity contribution in [2.45, 2.75) is 4.90 Å². The van der Waals surface area contributed by atoms with Crippen LogP contribution in [0, 0.1) is 0 Å². The van der Waals surface area contributed by atoms with Crippen molar-refractivity contribution in [1.82, 2.24) is 13.9 Å². The highest BCUT2D eigenvalue weighted by molar-refractivity contribution is 7.98. The SMILES string of the molecule is C=S(=O)(c1ccccc1)N1CCN(c2cc3c(cn2)c(=O)cc(Nc2ccccc2)n3-c2ccccc2)CC1. The number of fused-ring (bicyclic) bond motifs is 1. The van der Waals surface area contributed by atoms with Crippen LogP contribution in [-0.4, -0.2) is 50.1 Å². The van der Waals surface area contributed by atoms with Crippen LogP contribution in [0.1, 0.15) is 0 Å². The number of hydrogen-bond acceptors (Lipinski definition) is 5. The van der Waals surface area contributed by atoms with Gasteiger partial charge in [-0.05, 0) is 42.3 Å². The van der Waals surface area contributed by atoms with Gasteiger partial charge < -0.3 is 10.2 Å². The number of para-hydroxylation sites is 2. The first-order chi connectivity index (χ1) is 19.0. The molecular formula is C31H29N5O2S. The fraction of sp³-hybridized carbons (Fsp3) is 0.129. The Morgan fingerprint density at radius 2 is 1.41 bits per heavy atom. The van der Waals surface area contributed by atoms with Crippen molar-refractivity contribution in [3.63, 3.8) is 0 Å². The summed E-state index contributed by atoms with van der Waals surface area (Å²) in [6.07, 6.45) is 1.67. The lowest BCUT2D eigenvalue weighted by molar-refractivity contribution is 0.407. The molecule has 1 aliphatic rings. The first-order valence-electron chi connectivity index (χ1n) is 12.9. The molecule has 0 bridgehead atoms. The van der Waals surface area contributed by atoms with E-state index in [1.807, 2.05) is 101 Å². The van der Waals surface area contributed by atoms with E-state index in [1.165, 1.54) is 0 Å². The van der Waals surface area contributed by atoms with Gasteiger partial charge in [-0.3, -0.25) is 9.36 Å². The molecule has 8 heteroatoms. The maximum absolute atomic E-state index is 13.5. The van der Waals surface area contributed by atoms with Gasteiger partial charge in [0.05, 0.1) is 20.6 Å². The number of aromatic nitrogens is 2. The largest absolute Gasteiger partial charge is 0.354 e. The van der Waals surface area contributed by atoms with Gasteiger partial charge in [0.1, 0.15) is 11.6 Å². The quantitative estimate of drug-likeness (QED) is 0.312. The zero-order valence-corrected chi connectivity index (χ0v) is 22.3. The summed E-state index contributed by atoms with van der Waals surface area (Å²) >= 11 is 0. The Kier molecular flexibility index (Phi) is 6.64. The molecule has 7 nitrogen and oxygen atoms in total. The van der Waals surface area contributed by atoms with Crippen molar-refractivity contribution >= 4 is 43.8 Å². The molecule has 1 saturated heterocycles. The summed E-state index contributed by atoms with van der Waals surface area (Å²) in [6.45, 7) is 2.49. The van der Waals surface area contributed by atoms with E-state index in [-0.39, 0.29) is 5.43 Å². The molecule has 3 heterocycles. The lowest BCUT2D eigenvalue weighted by Gasteiger charge is -2.37. The van der Waals surface area contributed by atoms with Crippen LogP contribution in [0.5, 0.6) is 0 Å². The maximum Gasteiger partial charge on any atom is 0.193 e. The van der Waals surface area contributed by atoms with Gasteiger partial charge in [0.25, 0.3) is 0 Å². The first-order valence-corrected chi connectivity index (χ1v) is 14.5. The van der Waals surface area contributed by atoms with E-state index in [2.05, 4.69) is 25.6 Å². The highest BCUT2D eigenvalue weighted by atomic mass is 32.2. The maximum atomic E-state index is 13.5. The fourth-order valence-electron chi connectivity index (χ4n) is 4.99. The number of pyridine rings is 2. The number of benzene rings is 3. The molecule has 5 aromatic rings. The second-order valence-electron chi connectivity index (χ2n) is 9.49. The molecule has 0 radical (unpaired) electrons. The summed E-state index contributed by atoms with van der Waals surface area (Å²) in [6, 6.07) is 32.8. The normalized spacial score (nSPS) is 15.6. The molecule has 0 spiro atoms. The van der Waals surface area contributed by atoms with Crippen molar-refractivity contribution in [3.8, 4) is 5.69 Å². The van der Waals surface area contributed by atoms with Gasteiger partial charge in [0.15, 0.2) is 5.43 Å². The fourth-order valence-corrected chi connectivity index (χ4v) is 6.62. The lowest BCUT2D eigenvalue weighted by Crippen LogP contribution is -2.48. The van der Waals surface area contributed by atoms with Gasteiger partial charge in [-0.15, -0.1) is 0 Å². The van der Waals surface area contributed by atoms with Crippen molar-refractivity contribution in [1.29, 1.82) is 0 Å². The Morgan fingerprint density at radius 3 is 2.08 bits per heavy atom. The predicted octanol–water partition coefficient (Wildman–Crippen LogP) is 4.94. The van der Waals surface area contributed by atoms with Crippen LogP contribution in [-0.2, 0) is 9.71 Å². The zero-order valence-electron chi connectivity index (χ0n) is 21.4. The number of rotatable bonds is 6. The van der Waals surface area contributed by atoms with E-state index in [9.17, 15) is 9.00 Å². The Balaban J connectivity index is 1.37. The summed E-state index contributed by atoms with van der Waals surface area (Å²) in [7, 11) is -2.55. The van der Waals surface area contributed by atoms with Gasteiger partial charge in [-0.25, -0.2) is 13.5 Å². The lowest BCUT2D eigenvalue weighted by atomic mass is 10.2. The van der Waals surface area contributed by atoms with E-state index < -0.39 is 9.71 Å². The summed E-state index contributed by atoms with van der Waals surface area (Å²) < 4.78 is 17.5. The average molecular weight is 536 g/mol. The van der Waals surface area contributed by atoms with Gasteiger partial charge in [-0.1, -0.05) is 54.6 Å². The highest BCUT2D eigenvalue weighted by Gasteiger charge is 2.25. The third kappa shape index (κ3) is 4.92. The molecule has 0 aliphatic carbocycles. The van der Waals surface area contributed by atoms with Crippen LogP contribution in [0.15, 0.2) is 119 Å². The highest BCUT2D eigenvalue weighted by Crippen LogP contribution is 2.28. The van der Waals surface area contributed by atoms with E-state index in [4.69, 9.17) is 0 Å². The van der Waals surface area contributed by atoms with Crippen LogP contribution in [0.25, 0.3) is 16.6 Å². The van der Waals surface area contributed by atoms with Crippen molar-refractivity contribution in [2.75, 3.05) is 36.4 Å². The third-order valence-corrected chi connectivity index (χ3v) is 9.24. The molecule has 2 aromatic heterocycles. The topological polar surface area (TPSA) is 70.5 Å². The number of piperazine rings is 1.